The molecule has 0 saturated carbocycles. The van der Waals surface area contributed by atoms with Gasteiger partial charge in [0.1, 0.15) is 0 Å². The first-order valence-electron chi connectivity index (χ1n) is 7.04. The van der Waals surface area contributed by atoms with Crippen LogP contribution in [0.2, 0.25) is 0 Å². The molecule has 0 aliphatic carbocycles. The molecule has 0 heterocycles. The molecule has 2 nitrogen and oxygen atoms in total. The fourth-order valence-electron chi connectivity index (χ4n) is 2.83. The number of benzene rings is 2. The van der Waals surface area contributed by atoms with Gasteiger partial charge in [-0.15, -0.1) is 0 Å². The maximum Gasteiger partial charge on any atom is 0.0540 e. The average Bonchev–Trinajstić information content (AvgIpc) is 2.45. The maximum atomic E-state index is 2.30. The molecule has 0 fully saturated rings. The van der Waals surface area contributed by atoms with E-state index in [2.05, 4.69) is 98.7 Å². The summed E-state index contributed by atoms with van der Waals surface area (Å²) < 4.78 is 0. The smallest absolute Gasteiger partial charge is 0.0540 e. The molecule has 0 aliphatic heterocycles. The zero-order valence-electron chi connectivity index (χ0n) is 12.8. The Hall–Kier alpha value is -1.64. The van der Waals surface area contributed by atoms with Crippen LogP contribution in [-0.2, 0) is 0 Å². The highest BCUT2D eigenvalue weighted by molar-refractivity contribution is 5.27. The van der Waals surface area contributed by atoms with Gasteiger partial charge in [0, 0.05) is 0 Å². The molecule has 0 N–H and O–H groups in total. The SMILES string of the molecule is CN(C)[C@H](c1ccccc1)[C@H](c1ccccc1)N(C)C. The zero-order valence-corrected chi connectivity index (χ0v) is 12.8. The van der Waals surface area contributed by atoms with Crippen LogP contribution in [0.1, 0.15) is 23.2 Å². The van der Waals surface area contributed by atoms with E-state index in [1.165, 1.54) is 11.1 Å². The summed E-state index contributed by atoms with van der Waals surface area (Å²) in [6, 6.07) is 22.1. The van der Waals surface area contributed by atoms with Gasteiger partial charge >= 0.3 is 0 Å². The summed E-state index contributed by atoms with van der Waals surface area (Å²) in [7, 11) is 8.60. The molecule has 2 heteroatoms. The molecule has 2 atom stereocenters. The van der Waals surface area contributed by atoms with E-state index in [1.807, 2.05) is 0 Å². The van der Waals surface area contributed by atoms with Crippen LogP contribution in [0.15, 0.2) is 60.7 Å². The molecule has 0 aromatic heterocycles. The summed E-state index contributed by atoms with van der Waals surface area (Å²) in [5, 5.41) is 0. The fraction of sp³-hybridized carbons (Fsp3) is 0.333. The third-order valence-corrected chi connectivity index (χ3v) is 3.69. The first kappa shape index (κ1) is 14.8. The standard InChI is InChI=1S/C18H24N2/c1-19(2)17(15-11-7-5-8-12-15)18(20(3)4)16-13-9-6-10-14-16/h5-14,17-18H,1-4H3/t17-,18+. The molecule has 2 aromatic carbocycles. The van der Waals surface area contributed by atoms with Crippen molar-refractivity contribution in [3.63, 3.8) is 0 Å². The van der Waals surface area contributed by atoms with Gasteiger partial charge in [0.2, 0.25) is 0 Å². The van der Waals surface area contributed by atoms with E-state index < -0.39 is 0 Å². The minimum Gasteiger partial charge on any atom is -0.301 e. The van der Waals surface area contributed by atoms with Gasteiger partial charge in [-0.2, -0.15) is 0 Å². The van der Waals surface area contributed by atoms with E-state index in [0.717, 1.165) is 0 Å². The average molecular weight is 268 g/mol. The second-order valence-electron chi connectivity index (χ2n) is 5.64. The number of hydrogen-bond acceptors (Lipinski definition) is 2. The van der Waals surface area contributed by atoms with Crippen molar-refractivity contribution in [3.05, 3.63) is 71.8 Å². The monoisotopic (exact) mass is 268 g/mol. The van der Waals surface area contributed by atoms with Crippen molar-refractivity contribution in [2.24, 2.45) is 0 Å². The summed E-state index contributed by atoms with van der Waals surface area (Å²) in [5.74, 6) is 0. The van der Waals surface area contributed by atoms with Crippen LogP contribution >= 0.6 is 0 Å². The summed E-state index contributed by atoms with van der Waals surface area (Å²) in [5.41, 5.74) is 2.69. The molecule has 0 spiro atoms. The Morgan fingerprint density at radius 3 is 1.10 bits per heavy atom. The molecular formula is C18H24N2. The van der Waals surface area contributed by atoms with Gasteiger partial charge in [-0.3, -0.25) is 0 Å². The van der Waals surface area contributed by atoms with E-state index in [-0.39, 0.29) is 0 Å². The van der Waals surface area contributed by atoms with Gasteiger partial charge in [0.05, 0.1) is 12.1 Å². The predicted octanol–water partition coefficient (Wildman–Crippen LogP) is 3.59. The molecule has 2 rings (SSSR count). The highest BCUT2D eigenvalue weighted by atomic mass is 15.2. The Morgan fingerprint density at radius 2 is 0.850 bits per heavy atom. The summed E-state index contributed by atoms with van der Waals surface area (Å²) in [6.45, 7) is 0. The van der Waals surface area contributed by atoms with Crippen LogP contribution in [0.4, 0.5) is 0 Å². The lowest BCUT2D eigenvalue weighted by molar-refractivity contribution is 0.152. The van der Waals surface area contributed by atoms with E-state index in [0.29, 0.717) is 12.1 Å². The molecule has 0 aliphatic rings. The Morgan fingerprint density at radius 1 is 0.550 bits per heavy atom. The summed E-state index contributed by atoms with van der Waals surface area (Å²) in [4.78, 5) is 4.60. The minimum absolute atomic E-state index is 0.327. The van der Waals surface area contributed by atoms with E-state index in [1.54, 1.807) is 0 Å². The highest BCUT2D eigenvalue weighted by Crippen LogP contribution is 2.35. The Labute approximate surface area is 122 Å². The molecule has 20 heavy (non-hydrogen) atoms. The first-order chi connectivity index (χ1) is 9.61. The normalized spacial score (nSPS) is 14.5. The van der Waals surface area contributed by atoms with Crippen molar-refractivity contribution in [1.29, 1.82) is 0 Å². The second-order valence-corrected chi connectivity index (χ2v) is 5.64. The van der Waals surface area contributed by atoms with Crippen molar-refractivity contribution in [2.75, 3.05) is 28.2 Å². The lowest BCUT2D eigenvalue weighted by Crippen LogP contribution is -2.34. The third-order valence-electron chi connectivity index (χ3n) is 3.69. The fourth-order valence-corrected chi connectivity index (χ4v) is 2.83. The second kappa shape index (κ2) is 6.69. The van der Waals surface area contributed by atoms with Crippen molar-refractivity contribution < 1.29 is 0 Å². The number of likely N-dealkylation sites (N-methyl/N-ethyl adjacent to an activating group) is 2. The lowest BCUT2D eigenvalue weighted by Gasteiger charge is -2.37. The number of rotatable bonds is 5. The van der Waals surface area contributed by atoms with Gasteiger partial charge in [0.15, 0.2) is 0 Å². The van der Waals surface area contributed by atoms with Crippen molar-refractivity contribution in [3.8, 4) is 0 Å². The topological polar surface area (TPSA) is 6.48 Å². The molecule has 0 amide bonds. The van der Waals surface area contributed by atoms with Crippen LogP contribution in [-0.4, -0.2) is 38.0 Å². The summed E-state index contributed by atoms with van der Waals surface area (Å²) >= 11 is 0. The van der Waals surface area contributed by atoms with Gasteiger partial charge < -0.3 is 9.80 Å². The van der Waals surface area contributed by atoms with Gasteiger partial charge in [-0.25, -0.2) is 0 Å². The van der Waals surface area contributed by atoms with Crippen molar-refractivity contribution in [1.82, 2.24) is 9.80 Å². The molecule has 0 bridgehead atoms. The quantitative estimate of drug-likeness (QED) is 0.817. The Bertz CT molecular complexity index is 456. The third kappa shape index (κ3) is 3.27. The van der Waals surface area contributed by atoms with E-state index >= 15 is 0 Å². The maximum absolute atomic E-state index is 2.30. The van der Waals surface area contributed by atoms with Crippen LogP contribution in [0.5, 0.6) is 0 Å². The molecule has 0 unspecified atom stereocenters. The Balaban J connectivity index is 2.44. The van der Waals surface area contributed by atoms with Crippen molar-refractivity contribution in [2.45, 2.75) is 12.1 Å². The number of hydrogen-bond donors (Lipinski definition) is 0. The minimum atomic E-state index is 0.327. The van der Waals surface area contributed by atoms with Crippen LogP contribution < -0.4 is 0 Å². The number of nitrogens with zero attached hydrogens (tertiary/aromatic N) is 2. The molecule has 0 saturated heterocycles. The Kier molecular flexibility index (Phi) is 4.94. The highest BCUT2D eigenvalue weighted by Gasteiger charge is 2.28. The van der Waals surface area contributed by atoms with Crippen molar-refractivity contribution >= 4 is 0 Å². The van der Waals surface area contributed by atoms with Crippen LogP contribution in [0.25, 0.3) is 0 Å². The zero-order chi connectivity index (χ0) is 14.5. The van der Waals surface area contributed by atoms with Gasteiger partial charge in [-0.1, -0.05) is 60.7 Å². The molecule has 106 valence electrons. The van der Waals surface area contributed by atoms with Gasteiger partial charge in [-0.05, 0) is 39.3 Å². The molecule has 0 radical (unpaired) electrons. The first-order valence-corrected chi connectivity index (χ1v) is 7.04. The van der Waals surface area contributed by atoms with E-state index in [9.17, 15) is 0 Å². The summed E-state index contributed by atoms with van der Waals surface area (Å²) in [6.07, 6.45) is 0. The van der Waals surface area contributed by atoms with Crippen LogP contribution in [0, 0.1) is 0 Å². The predicted molar refractivity (Wildman–Crippen MR) is 85.7 cm³/mol. The largest absolute Gasteiger partial charge is 0.301 e. The van der Waals surface area contributed by atoms with Gasteiger partial charge in [0.25, 0.3) is 0 Å². The lowest BCUT2D eigenvalue weighted by atomic mass is 9.92. The van der Waals surface area contributed by atoms with Crippen LogP contribution in [0.3, 0.4) is 0 Å². The molecule has 2 aromatic rings. The van der Waals surface area contributed by atoms with E-state index in [4.69, 9.17) is 0 Å². The molecular weight excluding hydrogens is 244 g/mol.